The maximum atomic E-state index is 12.2. The van der Waals surface area contributed by atoms with Crippen molar-refractivity contribution in [3.05, 3.63) is 59.3 Å². The summed E-state index contributed by atoms with van der Waals surface area (Å²) in [6.45, 7) is 0.302. The molecule has 2 aromatic carbocycles. The molecule has 0 amide bonds. The lowest BCUT2D eigenvalue weighted by molar-refractivity contribution is 0.469. The molecule has 1 aliphatic rings. The Hall–Kier alpha value is -3.11. The molecule has 0 aliphatic carbocycles. The average molecular weight is 365 g/mol. The van der Waals surface area contributed by atoms with Crippen LogP contribution in [0, 0.1) is 11.3 Å². The normalized spacial score (nSPS) is 14.7. The molecule has 2 N–H and O–H groups in total. The fourth-order valence-corrected chi connectivity index (χ4v) is 4.88. The first-order chi connectivity index (χ1) is 12.5. The third-order valence-corrected chi connectivity index (χ3v) is 6.42. The number of nitriles is 1. The maximum absolute atomic E-state index is 12.2. The lowest BCUT2D eigenvalue weighted by Gasteiger charge is -2.14. The van der Waals surface area contributed by atoms with Crippen LogP contribution in [0.1, 0.15) is 16.7 Å². The van der Waals surface area contributed by atoms with Crippen molar-refractivity contribution in [2.45, 2.75) is 17.9 Å². The molecule has 0 radical (unpaired) electrons. The first-order valence-corrected chi connectivity index (χ1v) is 9.74. The monoisotopic (exact) mass is 365 g/mol. The third kappa shape index (κ3) is 2.55. The molecule has 0 saturated heterocycles. The van der Waals surface area contributed by atoms with E-state index in [0.29, 0.717) is 51.1 Å². The number of anilines is 1. The van der Waals surface area contributed by atoms with E-state index in [2.05, 4.69) is 16.4 Å². The summed E-state index contributed by atoms with van der Waals surface area (Å²) in [5, 5.41) is 23.3. The molecule has 26 heavy (non-hydrogen) atoms. The number of nitrogens with one attached hydrogen (secondary N) is 1. The lowest BCUT2D eigenvalue weighted by Crippen LogP contribution is -2.04. The Balaban J connectivity index is 1.89. The summed E-state index contributed by atoms with van der Waals surface area (Å²) in [6.07, 6.45) is 1.88. The number of phenols is 1. The molecule has 0 unspecified atom stereocenters. The standard InChI is InChI=1S/C19H15N3O3S/c20-9-13-11-21-15-5-6-17-14(7-8-26(17,24)25)18(15)19(13)22-10-12-3-1-2-4-16(12)23/h1-6,11,23H,7-8,10H2,(H,21,22). The number of rotatable bonds is 3. The van der Waals surface area contributed by atoms with E-state index in [4.69, 9.17) is 0 Å². The van der Waals surface area contributed by atoms with Crippen molar-refractivity contribution in [3.63, 3.8) is 0 Å². The highest BCUT2D eigenvalue weighted by Gasteiger charge is 2.29. The Kier molecular flexibility index (Phi) is 3.78. The number of hydrogen-bond donors (Lipinski definition) is 2. The van der Waals surface area contributed by atoms with Crippen molar-refractivity contribution in [2.24, 2.45) is 0 Å². The molecule has 1 aromatic heterocycles. The summed E-state index contributed by atoms with van der Waals surface area (Å²) in [6, 6.07) is 12.3. The predicted octanol–water partition coefficient (Wildman–Crippen LogP) is 2.75. The molecule has 0 saturated carbocycles. The van der Waals surface area contributed by atoms with Gasteiger partial charge in [-0.25, -0.2) is 8.42 Å². The van der Waals surface area contributed by atoms with E-state index < -0.39 is 9.84 Å². The van der Waals surface area contributed by atoms with Crippen LogP contribution < -0.4 is 5.32 Å². The van der Waals surface area contributed by atoms with Gasteiger partial charge >= 0.3 is 0 Å². The SMILES string of the molecule is N#Cc1cnc2ccc3c(c2c1NCc1ccccc1O)CCS3(=O)=O. The van der Waals surface area contributed by atoms with Gasteiger partial charge in [0.05, 0.1) is 27.4 Å². The molecular weight excluding hydrogens is 350 g/mol. The van der Waals surface area contributed by atoms with Crippen LogP contribution in [0.15, 0.2) is 47.5 Å². The van der Waals surface area contributed by atoms with Crippen LogP contribution in [0.4, 0.5) is 5.69 Å². The minimum atomic E-state index is -3.29. The Morgan fingerprint density at radius 2 is 2.04 bits per heavy atom. The highest BCUT2D eigenvalue weighted by Crippen LogP contribution is 2.37. The quantitative estimate of drug-likeness (QED) is 0.740. The summed E-state index contributed by atoms with van der Waals surface area (Å²) in [5.74, 6) is 0.224. The Bertz CT molecular complexity index is 1180. The Labute approximate surface area is 150 Å². The average Bonchev–Trinajstić information content (AvgIpc) is 2.95. The second-order valence-corrected chi connectivity index (χ2v) is 8.22. The number of aromatic nitrogens is 1. The molecule has 0 fully saturated rings. The number of aryl methyl sites for hydroxylation is 1. The van der Waals surface area contributed by atoms with Gasteiger partial charge in [0.25, 0.3) is 0 Å². The van der Waals surface area contributed by atoms with Crippen molar-refractivity contribution in [2.75, 3.05) is 11.1 Å². The molecule has 130 valence electrons. The topological polar surface area (TPSA) is 103 Å². The van der Waals surface area contributed by atoms with E-state index in [9.17, 15) is 18.8 Å². The number of pyridine rings is 1. The second kappa shape index (κ2) is 6.00. The summed E-state index contributed by atoms with van der Waals surface area (Å²) in [5.41, 5.74) is 2.91. The van der Waals surface area contributed by atoms with Gasteiger partial charge in [-0.1, -0.05) is 18.2 Å². The number of phenolic OH excluding ortho intramolecular Hbond substituents is 1. The number of nitrogens with zero attached hydrogens (tertiary/aromatic N) is 2. The summed E-state index contributed by atoms with van der Waals surface area (Å²) in [7, 11) is -3.29. The third-order valence-electron chi connectivity index (χ3n) is 4.62. The molecule has 2 heterocycles. The molecule has 3 aromatic rings. The fraction of sp³-hybridized carbons (Fsp3) is 0.158. The highest BCUT2D eigenvalue weighted by molar-refractivity contribution is 7.91. The van der Waals surface area contributed by atoms with Crippen molar-refractivity contribution >= 4 is 26.4 Å². The van der Waals surface area contributed by atoms with Crippen LogP contribution in [-0.2, 0) is 22.8 Å². The number of sulfone groups is 1. The molecule has 0 atom stereocenters. The molecule has 0 spiro atoms. The van der Waals surface area contributed by atoms with Crippen LogP contribution in [0.25, 0.3) is 10.9 Å². The van der Waals surface area contributed by atoms with Crippen LogP contribution in [0.3, 0.4) is 0 Å². The van der Waals surface area contributed by atoms with Gasteiger partial charge in [0.15, 0.2) is 9.84 Å². The Morgan fingerprint density at radius 1 is 1.23 bits per heavy atom. The summed E-state index contributed by atoms with van der Waals surface area (Å²) >= 11 is 0. The smallest absolute Gasteiger partial charge is 0.179 e. The van der Waals surface area contributed by atoms with Crippen LogP contribution in [0.5, 0.6) is 5.75 Å². The van der Waals surface area contributed by atoms with Gasteiger partial charge in [0, 0.05) is 23.7 Å². The van der Waals surface area contributed by atoms with Crippen LogP contribution >= 0.6 is 0 Å². The van der Waals surface area contributed by atoms with Gasteiger partial charge in [-0.3, -0.25) is 4.98 Å². The molecule has 1 aliphatic heterocycles. The molecule has 7 heteroatoms. The fourth-order valence-electron chi connectivity index (χ4n) is 3.33. The van der Waals surface area contributed by atoms with E-state index >= 15 is 0 Å². The number of aromatic hydroxyl groups is 1. The molecule has 6 nitrogen and oxygen atoms in total. The van der Waals surface area contributed by atoms with Gasteiger partial charge in [-0.05, 0) is 30.2 Å². The van der Waals surface area contributed by atoms with Crippen LogP contribution in [-0.4, -0.2) is 24.3 Å². The minimum absolute atomic E-state index is 0.0666. The maximum Gasteiger partial charge on any atom is 0.179 e. The number of fused-ring (bicyclic) bond motifs is 3. The number of para-hydroxylation sites is 1. The lowest BCUT2D eigenvalue weighted by atomic mass is 10.0. The molecule has 0 bridgehead atoms. The van der Waals surface area contributed by atoms with E-state index in [1.165, 1.54) is 6.20 Å². The van der Waals surface area contributed by atoms with Crippen molar-refractivity contribution in [1.29, 1.82) is 5.26 Å². The molecule has 4 rings (SSSR count). The van der Waals surface area contributed by atoms with Crippen molar-refractivity contribution in [1.82, 2.24) is 4.98 Å². The zero-order valence-corrected chi connectivity index (χ0v) is 14.5. The van der Waals surface area contributed by atoms with Crippen molar-refractivity contribution < 1.29 is 13.5 Å². The van der Waals surface area contributed by atoms with Gasteiger partial charge in [-0.15, -0.1) is 0 Å². The first kappa shape index (κ1) is 16.4. The number of benzene rings is 2. The Morgan fingerprint density at radius 3 is 2.81 bits per heavy atom. The van der Waals surface area contributed by atoms with Gasteiger partial charge in [-0.2, -0.15) is 5.26 Å². The van der Waals surface area contributed by atoms with E-state index in [1.807, 2.05) is 6.07 Å². The number of hydrogen-bond acceptors (Lipinski definition) is 6. The van der Waals surface area contributed by atoms with E-state index in [1.54, 1.807) is 30.3 Å². The van der Waals surface area contributed by atoms with Gasteiger partial charge in [0.1, 0.15) is 11.8 Å². The van der Waals surface area contributed by atoms with E-state index in [-0.39, 0.29) is 11.5 Å². The largest absolute Gasteiger partial charge is 0.508 e. The summed E-state index contributed by atoms with van der Waals surface area (Å²) < 4.78 is 24.5. The van der Waals surface area contributed by atoms with Crippen molar-refractivity contribution in [3.8, 4) is 11.8 Å². The van der Waals surface area contributed by atoms with Gasteiger partial charge in [0.2, 0.25) is 0 Å². The second-order valence-electron chi connectivity index (χ2n) is 6.15. The summed E-state index contributed by atoms with van der Waals surface area (Å²) in [4.78, 5) is 4.62. The van der Waals surface area contributed by atoms with Crippen LogP contribution in [0.2, 0.25) is 0 Å². The molecular formula is C19H15N3O3S. The minimum Gasteiger partial charge on any atom is -0.508 e. The zero-order chi connectivity index (χ0) is 18.3. The van der Waals surface area contributed by atoms with Gasteiger partial charge < -0.3 is 10.4 Å². The zero-order valence-electron chi connectivity index (χ0n) is 13.7. The first-order valence-electron chi connectivity index (χ1n) is 8.09. The van der Waals surface area contributed by atoms with E-state index in [0.717, 1.165) is 0 Å². The predicted molar refractivity (Wildman–Crippen MR) is 97.6 cm³/mol. The highest BCUT2D eigenvalue weighted by atomic mass is 32.2.